The SMILES string of the molecule is CCN(CC(=O)O)C1CC(NC(=O)NC(COC)c2cccc(Cl)c2)C1. The van der Waals surface area contributed by atoms with E-state index in [2.05, 4.69) is 10.6 Å². The Morgan fingerprint density at radius 3 is 2.73 bits per heavy atom. The molecule has 1 fully saturated rings. The van der Waals surface area contributed by atoms with Crippen molar-refractivity contribution in [3.8, 4) is 0 Å². The number of hydrogen-bond acceptors (Lipinski definition) is 4. The molecule has 2 amide bonds. The molecule has 1 aromatic carbocycles. The number of urea groups is 1. The molecule has 0 heterocycles. The summed E-state index contributed by atoms with van der Waals surface area (Å²) in [4.78, 5) is 25.1. The molecule has 0 bridgehead atoms. The maximum absolute atomic E-state index is 12.3. The fourth-order valence-corrected chi connectivity index (χ4v) is 3.37. The first-order valence-corrected chi connectivity index (χ1v) is 9.08. The number of halogens is 1. The van der Waals surface area contributed by atoms with Gasteiger partial charge in [0.25, 0.3) is 0 Å². The second-order valence-corrected chi connectivity index (χ2v) is 6.90. The van der Waals surface area contributed by atoms with Gasteiger partial charge in [0.15, 0.2) is 0 Å². The molecule has 1 unspecified atom stereocenters. The van der Waals surface area contributed by atoms with Crippen LogP contribution in [-0.4, -0.2) is 60.9 Å². The van der Waals surface area contributed by atoms with Gasteiger partial charge in [-0.15, -0.1) is 0 Å². The molecule has 2 rings (SSSR count). The number of rotatable bonds is 9. The van der Waals surface area contributed by atoms with Gasteiger partial charge in [-0.2, -0.15) is 0 Å². The lowest BCUT2D eigenvalue weighted by Crippen LogP contribution is -2.56. The van der Waals surface area contributed by atoms with Crippen LogP contribution in [0.25, 0.3) is 0 Å². The molecular formula is C18H26ClN3O4. The summed E-state index contributed by atoms with van der Waals surface area (Å²) in [7, 11) is 1.58. The summed E-state index contributed by atoms with van der Waals surface area (Å²) in [6.07, 6.45) is 1.50. The Morgan fingerprint density at radius 1 is 1.42 bits per heavy atom. The summed E-state index contributed by atoms with van der Waals surface area (Å²) in [6.45, 7) is 2.99. The van der Waals surface area contributed by atoms with E-state index in [0.717, 1.165) is 18.4 Å². The van der Waals surface area contributed by atoms with Crippen molar-refractivity contribution in [2.45, 2.75) is 37.9 Å². The molecule has 1 saturated carbocycles. The molecule has 1 aliphatic rings. The summed E-state index contributed by atoms with van der Waals surface area (Å²) in [5.41, 5.74) is 0.875. The van der Waals surface area contributed by atoms with Crippen molar-refractivity contribution in [3.63, 3.8) is 0 Å². The van der Waals surface area contributed by atoms with Gasteiger partial charge in [-0.05, 0) is 37.1 Å². The Morgan fingerprint density at radius 2 is 2.15 bits per heavy atom. The first kappa shape index (κ1) is 20.5. The Kier molecular flexibility index (Phi) is 7.68. The standard InChI is InChI=1S/C18H26ClN3O4/c1-3-22(10-17(23)24)15-8-14(9-15)20-18(25)21-16(11-26-2)12-5-4-6-13(19)7-12/h4-7,14-16H,3,8-11H2,1-2H3,(H,23,24)(H2,20,21,25). The third-order valence-corrected chi connectivity index (χ3v) is 4.83. The van der Waals surface area contributed by atoms with Gasteiger partial charge in [-0.1, -0.05) is 30.7 Å². The fourth-order valence-electron chi connectivity index (χ4n) is 3.17. The van der Waals surface area contributed by atoms with Gasteiger partial charge < -0.3 is 20.5 Å². The van der Waals surface area contributed by atoms with Gasteiger partial charge in [0.2, 0.25) is 0 Å². The minimum atomic E-state index is -0.829. The largest absolute Gasteiger partial charge is 0.480 e. The van der Waals surface area contributed by atoms with Crippen LogP contribution < -0.4 is 10.6 Å². The van der Waals surface area contributed by atoms with Crippen molar-refractivity contribution in [1.82, 2.24) is 15.5 Å². The number of benzene rings is 1. The Balaban J connectivity index is 1.83. The van der Waals surface area contributed by atoms with Crippen molar-refractivity contribution in [2.75, 3.05) is 26.8 Å². The molecule has 0 aliphatic heterocycles. The van der Waals surface area contributed by atoms with Crippen molar-refractivity contribution in [3.05, 3.63) is 34.9 Å². The van der Waals surface area contributed by atoms with Gasteiger partial charge in [0.1, 0.15) is 0 Å². The number of carbonyl (C=O) groups excluding carboxylic acids is 1. The molecule has 0 aromatic heterocycles. The normalized spacial score (nSPS) is 20.3. The van der Waals surface area contributed by atoms with Gasteiger partial charge in [-0.25, -0.2) is 4.79 Å². The molecule has 1 atom stereocenters. The fraction of sp³-hybridized carbons (Fsp3) is 0.556. The average molecular weight is 384 g/mol. The van der Waals surface area contributed by atoms with Crippen molar-refractivity contribution < 1.29 is 19.4 Å². The summed E-state index contributed by atoms with van der Waals surface area (Å²) in [6, 6.07) is 6.98. The maximum Gasteiger partial charge on any atom is 0.317 e. The highest BCUT2D eigenvalue weighted by Crippen LogP contribution is 2.25. The van der Waals surface area contributed by atoms with E-state index in [4.69, 9.17) is 21.4 Å². The zero-order valence-corrected chi connectivity index (χ0v) is 15.8. The number of carboxylic acids is 1. The lowest BCUT2D eigenvalue weighted by molar-refractivity contribution is -0.139. The third-order valence-electron chi connectivity index (χ3n) is 4.60. The van der Waals surface area contributed by atoms with Crippen LogP contribution in [0.2, 0.25) is 5.02 Å². The summed E-state index contributed by atoms with van der Waals surface area (Å²) < 4.78 is 5.20. The summed E-state index contributed by atoms with van der Waals surface area (Å²) >= 11 is 6.02. The summed E-state index contributed by atoms with van der Waals surface area (Å²) in [5, 5.41) is 15.4. The minimum Gasteiger partial charge on any atom is -0.480 e. The van der Waals surface area contributed by atoms with Gasteiger partial charge in [-0.3, -0.25) is 9.69 Å². The number of carboxylic acid groups (broad SMARTS) is 1. The summed E-state index contributed by atoms with van der Waals surface area (Å²) in [5.74, 6) is -0.829. The number of nitrogens with one attached hydrogen (secondary N) is 2. The lowest BCUT2D eigenvalue weighted by atomic mass is 9.85. The number of ether oxygens (including phenoxy) is 1. The van der Waals surface area contributed by atoms with Crippen molar-refractivity contribution in [2.24, 2.45) is 0 Å². The van der Waals surface area contributed by atoms with Crippen LogP contribution >= 0.6 is 11.6 Å². The van der Waals surface area contributed by atoms with Gasteiger partial charge in [0.05, 0.1) is 19.2 Å². The van der Waals surface area contributed by atoms with Crippen LogP contribution in [0.5, 0.6) is 0 Å². The molecule has 0 saturated heterocycles. The molecule has 144 valence electrons. The zero-order valence-electron chi connectivity index (χ0n) is 15.1. The maximum atomic E-state index is 12.3. The predicted octanol–water partition coefficient (Wildman–Crippen LogP) is 2.26. The van der Waals surface area contributed by atoms with Crippen molar-refractivity contribution in [1.29, 1.82) is 0 Å². The van der Waals surface area contributed by atoms with Gasteiger partial charge in [0, 0.05) is 24.2 Å². The predicted molar refractivity (Wildman–Crippen MR) is 99.4 cm³/mol. The highest BCUT2D eigenvalue weighted by Gasteiger charge is 2.34. The Hall–Kier alpha value is -1.83. The smallest absolute Gasteiger partial charge is 0.317 e. The highest BCUT2D eigenvalue weighted by molar-refractivity contribution is 6.30. The quantitative estimate of drug-likeness (QED) is 0.608. The van der Waals surface area contributed by atoms with E-state index in [1.165, 1.54) is 0 Å². The topological polar surface area (TPSA) is 90.9 Å². The third kappa shape index (κ3) is 5.86. The van der Waals surface area contributed by atoms with Crippen LogP contribution in [0, 0.1) is 0 Å². The van der Waals surface area contributed by atoms with Crippen LogP contribution in [0.3, 0.4) is 0 Å². The average Bonchev–Trinajstić information content (AvgIpc) is 2.55. The van der Waals surface area contributed by atoms with E-state index in [1.54, 1.807) is 19.2 Å². The first-order chi connectivity index (χ1) is 12.4. The monoisotopic (exact) mass is 383 g/mol. The number of likely N-dealkylation sites (N-methyl/N-ethyl adjacent to an activating group) is 1. The van der Waals surface area contributed by atoms with Crippen LogP contribution in [0.4, 0.5) is 4.79 Å². The molecule has 7 nitrogen and oxygen atoms in total. The molecule has 0 spiro atoms. The van der Waals surface area contributed by atoms with E-state index in [0.29, 0.717) is 18.2 Å². The minimum absolute atomic E-state index is 0.0325. The Labute approximate surface area is 158 Å². The first-order valence-electron chi connectivity index (χ1n) is 8.70. The molecule has 0 radical (unpaired) electrons. The Bertz CT molecular complexity index is 622. The molecule has 3 N–H and O–H groups in total. The van der Waals surface area contributed by atoms with E-state index in [1.807, 2.05) is 24.0 Å². The second kappa shape index (κ2) is 9.75. The number of nitrogens with zero attached hydrogens (tertiary/aromatic N) is 1. The number of amides is 2. The van der Waals surface area contributed by atoms with Crippen molar-refractivity contribution >= 4 is 23.6 Å². The number of methoxy groups -OCH3 is 1. The molecule has 1 aromatic rings. The van der Waals surface area contributed by atoms with Gasteiger partial charge >= 0.3 is 12.0 Å². The van der Waals surface area contributed by atoms with Crippen LogP contribution in [-0.2, 0) is 9.53 Å². The van der Waals surface area contributed by atoms with E-state index >= 15 is 0 Å². The lowest BCUT2D eigenvalue weighted by Gasteiger charge is -2.42. The molecular weight excluding hydrogens is 358 g/mol. The highest BCUT2D eigenvalue weighted by atomic mass is 35.5. The van der Waals surface area contributed by atoms with E-state index < -0.39 is 5.97 Å². The molecule has 1 aliphatic carbocycles. The molecule has 26 heavy (non-hydrogen) atoms. The molecule has 8 heteroatoms. The number of hydrogen-bond donors (Lipinski definition) is 3. The number of aliphatic carboxylic acids is 1. The number of carbonyl (C=O) groups is 2. The van der Waals surface area contributed by atoms with Crippen LogP contribution in [0.1, 0.15) is 31.4 Å². The second-order valence-electron chi connectivity index (χ2n) is 6.46. The van der Waals surface area contributed by atoms with E-state index in [-0.39, 0.29) is 30.7 Å². The van der Waals surface area contributed by atoms with Crippen LogP contribution in [0.15, 0.2) is 24.3 Å². The zero-order chi connectivity index (χ0) is 19.1. The van der Waals surface area contributed by atoms with E-state index in [9.17, 15) is 9.59 Å².